The van der Waals surface area contributed by atoms with E-state index in [1.807, 2.05) is 30.3 Å². The van der Waals surface area contributed by atoms with E-state index in [0.717, 1.165) is 18.4 Å². The smallest absolute Gasteiger partial charge is 0.410 e. The third-order valence-corrected chi connectivity index (χ3v) is 6.21. The van der Waals surface area contributed by atoms with Gasteiger partial charge in [-0.3, -0.25) is 9.69 Å². The fourth-order valence-corrected chi connectivity index (χ4v) is 4.40. The summed E-state index contributed by atoms with van der Waals surface area (Å²) in [4.78, 5) is 52.3. The zero-order valence-electron chi connectivity index (χ0n) is 20.8. The number of ketones is 1. The first kappa shape index (κ1) is 26.9. The summed E-state index contributed by atoms with van der Waals surface area (Å²) < 4.78 is 16.4. The predicted octanol–water partition coefficient (Wildman–Crippen LogP) is 4.45. The van der Waals surface area contributed by atoms with E-state index in [-0.39, 0.29) is 32.0 Å². The number of likely N-dealkylation sites (tertiary alicyclic amines) is 1. The molecule has 0 bridgehead atoms. The number of carbonyl (C=O) groups is 4. The van der Waals surface area contributed by atoms with Crippen LogP contribution in [0.15, 0.2) is 54.6 Å². The number of nitrogens with zero attached hydrogens (tertiary/aromatic N) is 1. The van der Waals surface area contributed by atoms with Crippen LogP contribution in [0.4, 0.5) is 4.79 Å². The fraction of sp³-hybridized carbons (Fsp3) is 0.429. The Morgan fingerprint density at radius 3 is 2.50 bits per heavy atom. The minimum atomic E-state index is -1.10. The first-order valence-corrected chi connectivity index (χ1v) is 12.3. The van der Waals surface area contributed by atoms with Crippen LogP contribution in [0.3, 0.4) is 0 Å². The molecule has 0 aliphatic carbocycles. The Morgan fingerprint density at radius 1 is 1.03 bits per heavy atom. The summed E-state index contributed by atoms with van der Waals surface area (Å²) in [7, 11) is 0. The number of Topliss-reactive ketones (excluding diaryl/α,β-unsaturated/α-hetero) is 1. The number of benzene rings is 2. The lowest BCUT2D eigenvalue weighted by Gasteiger charge is -2.25. The van der Waals surface area contributed by atoms with Crippen molar-refractivity contribution in [3.8, 4) is 5.75 Å². The third-order valence-electron chi connectivity index (χ3n) is 6.21. The van der Waals surface area contributed by atoms with Gasteiger partial charge >= 0.3 is 12.1 Å². The molecule has 1 amide bonds. The molecule has 0 spiro atoms. The molecular weight excluding hydrogens is 462 g/mol. The van der Waals surface area contributed by atoms with Gasteiger partial charge in [-0.2, -0.15) is 0 Å². The first-order chi connectivity index (χ1) is 17.5. The maximum atomic E-state index is 13.6. The molecule has 1 aliphatic heterocycles. The highest BCUT2D eigenvalue weighted by atomic mass is 16.6. The Labute approximate surface area is 211 Å². The van der Waals surface area contributed by atoms with Crippen molar-refractivity contribution in [3.63, 3.8) is 0 Å². The second kappa shape index (κ2) is 13.4. The second-order valence-electron chi connectivity index (χ2n) is 8.66. The van der Waals surface area contributed by atoms with Gasteiger partial charge in [-0.1, -0.05) is 55.8 Å². The van der Waals surface area contributed by atoms with Crippen molar-refractivity contribution in [2.45, 2.75) is 45.8 Å². The first-order valence-electron chi connectivity index (χ1n) is 12.3. The molecule has 0 saturated carbocycles. The van der Waals surface area contributed by atoms with Gasteiger partial charge in [0.25, 0.3) is 0 Å². The lowest BCUT2D eigenvalue weighted by molar-refractivity contribution is -0.149. The zero-order valence-corrected chi connectivity index (χ0v) is 20.8. The molecule has 0 N–H and O–H groups in total. The van der Waals surface area contributed by atoms with Crippen molar-refractivity contribution in [3.05, 3.63) is 65.7 Å². The molecule has 0 aromatic heterocycles. The van der Waals surface area contributed by atoms with E-state index in [1.54, 1.807) is 31.2 Å². The van der Waals surface area contributed by atoms with E-state index in [1.165, 1.54) is 4.90 Å². The number of hydrogen-bond acceptors (Lipinski definition) is 7. The van der Waals surface area contributed by atoms with Gasteiger partial charge < -0.3 is 19.0 Å². The molecule has 2 aromatic carbocycles. The Hall–Kier alpha value is -3.68. The SMILES string of the molecule is CCCCOc1cccc(C(=O)[C@H]2CN(C(=O)OCc3ccccc3)[C@H](C(=O)OCC)[C@H]2CC=O)c1. The van der Waals surface area contributed by atoms with Crippen molar-refractivity contribution in [2.75, 3.05) is 19.8 Å². The Bertz CT molecular complexity index is 1040. The van der Waals surface area contributed by atoms with Gasteiger partial charge in [0.05, 0.1) is 13.2 Å². The van der Waals surface area contributed by atoms with E-state index < -0.39 is 29.9 Å². The normalized spacial score (nSPS) is 18.9. The second-order valence-corrected chi connectivity index (χ2v) is 8.66. The van der Waals surface area contributed by atoms with E-state index >= 15 is 0 Å². The van der Waals surface area contributed by atoms with E-state index in [0.29, 0.717) is 24.2 Å². The number of hydrogen-bond donors (Lipinski definition) is 0. The molecular formula is C28H33NO7. The number of unbranched alkanes of at least 4 members (excludes halogenated alkanes) is 1. The topological polar surface area (TPSA) is 99.2 Å². The van der Waals surface area contributed by atoms with Crippen LogP contribution in [0.25, 0.3) is 0 Å². The molecule has 2 aromatic rings. The lowest BCUT2D eigenvalue weighted by atomic mass is 9.83. The van der Waals surface area contributed by atoms with Gasteiger partial charge in [0.15, 0.2) is 5.78 Å². The van der Waals surface area contributed by atoms with Crippen LogP contribution < -0.4 is 4.74 Å². The van der Waals surface area contributed by atoms with Crippen molar-refractivity contribution < 1.29 is 33.4 Å². The number of aldehydes is 1. The molecule has 1 heterocycles. The van der Waals surface area contributed by atoms with Crippen LogP contribution in [0, 0.1) is 11.8 Å². The Morgan fingerprint density at radius 2 is 1.81 bits per heavy atom. The third kappa shape index (κ3) is 6.71. The van der Waals surface area contributed by atoms with E-state index in [4.69, 9.17) is 14.2 Å². The minimum Gasteiger partial charge on any atom is -0.494 e. The summed E-state index contributed by atoms with van der Waals surface area (Å²) in [6.07, 6.45) is 1.73. The molecule has 8 heteroatoms. The van der Waals surface area contributed by atoms with Gasteiger partial charge in [-0.05, 0) is 31.0 Å². The number of esters is 1. The number of ether oxygens (including phenoxy) is 3. The molecule has 0 radical (unpaired) electrons. The summed E-state index contributed by atoms with van der Waals surface area (Å²) in [5, 5.41) is 0. The number of rotatable bonds is 12. The molecule has 1 fully saturated rings. The van der Waals surface area contributed by atoms with Gasteiger partial charge in [0, 0.05) is 30.4 Å². The number of carbonyl (C=O) groups excluding carboxylic acids is 4. The average Bonchev–Trinajstić information content (AvgIpc) is 3.27. The van der Waals surface area contributed by atoms with Crippen LogP contribution in [0.5, 0.6) is 5.75 Å². The Kier molecular flexibility index (Phi) is 10.0. The van der Waals surface area contributed by atoms with Gasteiger partial charge in [0.2, 0.25) is 0 Å². The van der Waals surface area contributed by atoms with Crippen molar-refractivity contribution in [2.24, 2.45) is 11.8 Å². The lowest BCUT2D eigenvalue weighted by Crippen LogP contribution is -2.44. The summed E-state index contributed by atoms with van der Waals surface area (Å²) in [6.45, 7) is 4.32. The highest BCUT2D eigenvalue weighted by Gasteiger charge is 2.51. The molecule has 36 heavy (non-hydrogen) atoms. The van der Waals surface area contributed by atoms with Crippen molar-refractivity contribution in [1.29, 1.82) is 0 Å². The molecule has 3 atom stereocenters. The van der Waals surface area contributed by atoms with Crippen LogP contribution in [-0.4, -0.2) is 54.8 Å². The summed E-state index contributed by atoms with van der Waals surface area (Å²) in [5.74, 6) is -1.87. The maximum Gasteiger partial charge on any atom is 0.410 e. The molecule has 192 valence electrons. The van der Waals surface area contributed by atoms with E-state index in [9.17, 15) is 19.2 Å². The zero-order chi connectivity index (χ0) is 25.9. The molecule has 1 saturated heterocycles. The largest absolute Gasteiger partial charge is 0.494 e. The van der Waals surface area contributed by atoms with Gasteiger partial charge in [-0.25, -0.2) is 9.59 Å². The minimum absolute atomic E-state index is 0.0137. The van der Waals surface area contributed by atoms with Gasteiger partial charge in [0.1, 0.15) is 24.7 Å². The van der Waals surface area contributed by atoms with E-state index in [2.05, 4.69) is 6.92 Å². The number of amides is 1. The summed E-state index contributed by atoms with van der Waals surface area (Å²) in [5.41, 5.74) is 1.18. The summed E-state index contributed by atoms with van der Waals surface area (Å²) >= 11 is 0. The van der Waals surface area contributed by atoms with Crippen LogP contribution in [0.1, 0.15) is 49.0 Å². The predicted molar refractivity (Wildman–Crippen MR) is 133 cm³/mol. The van der Waals surface area contributed by atoms with Gasteiger partial charge in [-0.15, -0.1) is 0 Å². The Balaban J connectivity index is 1.84. The molecule has 8 nitrogen and oxygen atoms in total. The van der Waals surface area contributed by atoms with Crippen LogP contribution >= 0.6 is 0 Å². The molecule has 3 rings (SSSR count). The highest BCUT2D eigenvalue weighted by Crippen LogP contribution is 2.36. The van der Waals surface area contributed by atoms with Crippen molar-refractivity contribution in [1.82, 2.24) is 4.90 Å². The van der Waals surface area contributed by atoms with Crippen LogP contribution in [-0.2, 0) is 25.7 Å². The standard InChI is InChI=1S/C28H33NO7/c1-3-5-16-35-22-13-9-12-21(17-22)26(31)24-18-29(25(23(24)14-15-30)27(32)34-4-2)28(33)36-19-20-10-7-6-8-11-20/h6-13,15,17,23-25H,3-5,14,16,18-19H2,1-2H3/t23-,24-,25-/m0/s1. The molecule has 1 aliphatic rings. The summed E-state index contributed by atoms with van der Waals surface area (Å²) in [6, 6.07) is 14.9. The maximum absolute atomic E-state index is 13.6. The highest BCUT2D eigenvalue weighted by molar-refractivity contribution is 6.00. The fourth-order valence-electron chi connectivity index (χ4n) is 4.40. The average molecular weight is 496 g/mol. The molecule has 0 unspecified atom stereocenters. The monoisotopic (exact) mass is 495 g/mol. The van der Waals surface area contributed by atoms with Crippen molar-refractivity contribution >= 4 is 24.1 Å². The van der Waals surface area contributed by atoms with Crippen LogP contribution in [0.2, 0.25) is 0 Å². The quantitative estimate of drug-likeness (QED) is 0.186.